The molecule has 1 aliphatic heterocycles. The lowest BCUT2D eigenvalue weighted by atomic mass is 10.1. The Hall–Kier alpha value is -0.900. The first-order valence-electron chi connectivity index (χ1n) is 6.73. The molecule has 0 saturated carbocycles. The van der Waals surface area contributed by atoms with E-state index in [1.807, 2.05) is 37.3 Å². The molecule has 1 fully saturated rings. The molecule has 1 aromatic rings. The van der Waals surface area contributed by atoms with E-state index in [9.17, 15) is 5.11 Å². The molecule has 3 heteroatoms. The van der Waals surface area contributed by atoms with Crippen molar-refractivity contribution in [3.05, 3.63) is 35.9 Å². The SMILES string of the molecule is CC(OCC1CCCCO1)C(O)c1ccccc1. The summed E-state index contributed by atoms with van der Waals surface area (Å²) in [6, 6.07) is 9.63. The van der Waals surface area contributed by atoms with Crippen LogP contribution in [-0.2, 0) is 9.47 Å². The monoisotopic (exact) mass is 250 g/mol. The predicted molar refractivity (Wildman–Crippen MR) is 70.4 cm³/mol. The summed E-state index contributed by atoms with van der Waals surface area (Å²) in [4.78, 5) is 0. The van der Waals surface area contributed by atoms with Gasteiger partial charge in [0.25, 0.3) is 0 Å². The Morgan fingerprint density at radius 3 is 2.78 bits per heavy atom. The van der Waals surface area contributed by atoms with E-state index in [4.69, 9.17) is 9.47 Å². The standard InChI is InChI=1S/C15H22O3/c1-12(15(16)13-7-3-2-4-8-13)18-11-14-9-5-6-10-17-14/h2-4,7-8,12,14-16H,5-6,9-11H2,1H3. The van der Waals surface area contributed by atoms with Gasteiger partial charge in [0, 0.05) is 6.61 Å². The molecule has 100 valence electrons. The molecular formula is C15H22O3. The smallest absolute Gasteiger partial charge is 0.105 e. The fourth-order valence-corrected chi connectivity index (χ4v) is 2.21. The fraction of sp³-hybridized carbons (Fsp3) is 0.600. The normalized spacial score (nSPS) is 23.6. The summed E-state index contributed by atoms with van der Waals surface area (Å²) in [5, 5.41) is 10.2. The maximum absolute atomic E-state index is 10.2. The van der Waals surface area contributed by atoms with Gasteiger partial charge in [-0.3, -0.25) is 0 Å². The van der Waals surface area contributed by atoms with Gasteiger partial charge in [0.1, 0.15) is 6.10 Å². The summed E-state index contributed by atoms with van der Waals surface area (Å²) < 4.78 is 11.3. The van der Waals surface area contributed by atoms with E-state index in [-0.39, 0.29) is 12.2 Å². The zero-order valence-electron chi connectivity index (χ0n) is 10.9. The first-order chi connectivity index (χ1) is 8.77. The molecule has 0 spiro atoms. The third-order valence-corrected chi connectivity index (χ3v) is 3.40. The van der Waals surface area contributed by atoms with Crippen LogP contribution in [0.2, 0.25) is 0 Å². The molecule has 1 aliphatic rings. The molecule has 1 heterocycles. The molecule has 0 radical (unpaired) electrons. The largest absolute Gasteiger partial charge is 0.386 e. The number of aliphatic hydroxyl groups is 1. The fourth-order valence-electron chi connectivity index (χ4n) is 2.21. The molecule has 3 nitrogen and oxygen atoms in total. The second-order valence-electron chi connectivity index (χ2n) is 4.88. The summed E-state index contributed by atoms with van der Waals surface area (Å²) in [7, 11) is 0. The van der Waals surface area contributed by atoms with Crippen LogP contribution in [0.15, 0.2) is 30.3 Å². The molecule has 0 aliphatic carbocycles. The third-order valence-electron chi connectivity index (χ3n) is 3.40. The van der Waals surface area contributed by atoms with Crippen LogP contribution in [0, 0.1) is 0 Å². The highest BCUT2D eigenvalue weighted by atomic mass is 16.5. The second kappa shape index (κ2) is 6.88. The Morgan fingerprint density at radius 2 is 2.11 bits per heavy atom. The van der Waals surface area contributed by atoms with Crippen molar-refractivity contribution in [1.82, 2.24) is 0 Å². The van der Waals surface area contributed by atoms with Crippen LogP contribution in [0.1, 0.15) is 37.9 Å². The molecule has 0 amide bonds. The first kappa shape index (κ1) is 13.5. The van der Waals surface area contributed by atoms with E-state index in [0.717, 1.165) is 25.0 Å². The average Bonchev–Trinajstić information content (AvgIpc) is 2.46. The molecule has 3 unspecified atom stereocenters. The van der Waals surface area contributed by atoms with Crippen molar-refractivity contribution < 1.29 is 14.6 Å². The van der Waals surface area contributed by atoms with Crippen molar-refractivity contribution in [2.75, 3.05) is 13.2 Å². The predicted octanol–water partition coefficient (Wildman–Crippen LogP) is 2.69. The lowest BCUT2D eigenvalue weighted by Gasteiger charge is -2.26. The molecule has 3 atom stereocenters. The Morgan fingerprint density at radius 1 is 1.33 bits per heavy atom. The van der Waals surface area contributed by atoms with Crippen molar-refractivity contribution in [2.24, 2.45) is 0 Å². The molecule has 1 N–H and O–H groups in total. The topological polar surface area (TPSA) is 38.7 Å². The summed E-state index contributed by atoms with van der Waals surface area (Å²) >= 11 is 0. The van der Waals surface area contributed by atoms with Crippen molar-refractivity contribution in [2.45, 2.75) is 44.5 Å². The highest BCUT2D eigenvalue weighted by molar-refractivity contribution is 5.18. The minimum absolute atomic E-state index is 0.198. The third kappa shape index (κ3) is 3.80. The van der Waals surface area contributed by atoms with Crippen LogP contribution in [0.4, 0.5) is 0 Å². The van der Waals surface area contributed by atoms with Gasteiger partial charge in [0.2, 0.25) is 0 Å². The Kier molecular flexibility index (Phi) is 5.17. The molecule has 1 saturated heterocycles. The Labute approximate surface area is 109 Å². The highest BCUT2D eigenvalue weighted by Crippen LogP contribution is 2.20. The van der Waals surface area contributed by atoms with E-state index in [1.54, 1.807) is 0 Å². The summed E-state index contributed by atoms with van der Waals surface area (Å²) in [5.74, 6) is 0. The number of ether oxygens (including phenoxy) is 2. The number of benzene rings is 1. The van der Waals surface area contributed by atoms with E-state index < -0.39 is 6.10 Å². The van der Waals surface area contributed by atoms with E-state index >= 15 is 0 Å². The average molecular weight is 250 g/mol. The number of aliphatic hydroxyl groups excluding tert-OH is 1. The van der Waals surface area contributed by atoms with Gasteiger partial charge in [-0.05, 0) is 31.7 Å². The van der Waals surface area contributed by atoms with Crippen LogP contribution in [0.3, 0.4) is 0 Å². The van der Waals surface area contributed by atoms with Crippen molar-refractivity contribution in [3.63, 3.8) is 0 Å². The Bertz CT molecular complexity index is 333. The van der Waals surface area contributed by atoms with Crippen LogP contribution in [-0.4, -0.2) is 30.5 Å². The van der Waals surface area contributed by atoms with E-state index in [0.29, 0.717) is 6.61 Å². The van der Waals surface area contributed by atoms with Crippen LogP contribution >= 0.6 is 0 Å². The van der Waals surface area contributed by atoms with Gasteiger partial charge in [-0.1, -0.05) is 30.3 Å². The lowest BCUT2D eigenvalue weighted by Crippen LogP contribution is -2.28. The van der Waals surface area contributed by atoms with Gasteiger partial charge < -0.3 is 14.6 Å². The maximum atomic E-state index is 10.2. The van der Waals surface area contributed by atoms with Crippen LogP contribution in [0.5, 0.6) is 0 Å². The molecule has 2 rings (SSSR count). The number of hydrogen-bond donors (Lipinski definition) is 1. The van der Waals surface area contributed by atoms with Crippen molar-refractivity contribution >= 4 is 0 Å². The zero-order chi connectivity index (χ0) is 12.8. The molecule has 0 aromatic heterocycles. The highest BCUT2D eigenvalue weighted by Gasteiger charge is 2.20. The van der Waals surface area contributed by atoms with Gasteiger partial charge in [-0.15, -0.1) is 0 Å². The van der Waals surface area contributed by atoms with Crippen LogP contribution in [0.25, 0.3) is 0 Å². The van der Waals surface area contributed by atoms with Gasteiger partial charge in [0.15, 0.2) is 0 Å². The summed E-state index contributed by atoms with van der Waals surface area (Å²) in [5.41, 5.74) is 0.898. The van der Waals surface area contributed by atoms with Crippen molar-refractivity contribution in [3.8, 4) is 0 Å². The van der Waals surface area contributed by atoms with Crippen LogP contribution < -0.4 is 0 Å². The minimum atomic E-state index is -0.574. The minimum Gasteiger partial charge on any atom is -0.386 e. The molecular weight excluding hydrogens is 228 g/mol. The molecule has 1 aromatic carbocycles. The van der Waals surface area contributed by atoms with E-state index in [2.05, 4.69) is 0 Å². The number of rotatable bonds is 5. The second-order valence-corrected chi connectivity index (χ2v) is 4.88. The Balaban J connectivity index is 1.78. The summed E-state index contributed by atoms with van der Waals surface area (Å²) in [6.07, 6.45) is 2.84. The van der Waals surface area contributed by atoms with Crippen molar-refractivity contribution in [1.29, 1.82) is 0 Å². The zero-order valence-corrected chi connectivity index (χ0v) is 10.9. The first-order valence-corrected chi connectivity index (χ1v) is 6.73. The number of hydrogen-bond acceptors (Lipinski definition) is 3. The quantitative estimate of drug-likeness (QED) is 0.873. The van der Waals surface area contributed by atoms with Gasteiger partial charge in [-0.2, -0.15) is 0 Å². The molecule has 0 bridgehead atoms. The van der Waals surface area contributed by atoms with Gasteiger partial charge in [-0.25, -0.2) is 0 Å². The van der Waals surface area contributed by atoms with Gasteiger partial charge in [0.05, 0.1) is 18.8 Å². The molecule has 18 heavy (non-hydrogen) atoms. The maximum Gasteiger partial charge on any atom is 0.105 e. The van der Waals surface area contributed by atoms with Gasteiger partial charge >= 0.3 is 0 Å². The lowest BCUT2D eigenvalue weighted by molar-refractivity contribution is -0.0886. The summed E-state index contributed by atoms with van der Waals surface area (Å²) in [6.45, 7) is 3.31. The van der Waals surface area contributed by atoms with E-state index in [1.165, 1.54) is 6.42 Å².